The minimum absolute atomic E-state index is 0.0109. The van der Waals surface area contributed by atoms with Crippen molar-refractivity contribution in [1.82, 2.24) is 5.32 Å². The fourth-order valence-corrected chi connectivity index (χ4v) is 3.73. The third-order valence-electron chi connectivity index (χ3n) is 3.99. The van der Waals surface area contributed by atoms with Gasteiger partial charge in [-0.1, -0.05) is 31.4 Å². The number of primary sulfonamides is 1. The summed E-state index contributed by atoms with van der Waals surface area (Å²) in [5.41, 5.74) is 0.371. The monoisotopic (exact) mass is 330 g/mol. The molecule has 3 N–H and O–H groups in total. The molecule has 2 rings (SSSR count). The smallest absolute Gasteiger partial charge is 0.251 e. The van der Waals surface area contributed by atoms with E-state index in [9.17, 15) is 13.2 Å². The van der Waals surface area contributed by atoms with Gasteiger partial charge < -0.3 is 5.32 Å². The summed E-state index contributed by atoms with van der Waals surface area (Å²) in [7, 11) is -3.94. The lowest BCUT2D eigenvalue weighted by atomic mass is 9.89. The van der Waals surface area contributed by atoms with Crippen LogP contribution in [-0.4, -0.2) is 20.9 Å². The number of benzene rings is 1. The molecule has 0 atom stereocenters. The minimum Gasteiger partial charge on any atom is -0.351 e. The molecule has 0 aliphatic heterocycles. The van der Waals surface area contributed by atoms with Crippen LogP contribution in [0.4, 0.5) is 0 Å². The summed E-state index contributed by atoms with van der Waals surface area (Å²) >= 11 is 5.80. The molecule has 0 unspecified atom stereocenters. The average molecular weight is 331 g/mol. The number of carbonyl (C=O) groups is 1. The Bertz CT molecular complexity index is 652. The highest BCUT2D eigenvalue weighted by molar-refractivity contribution is 7.89. The van der Waals surface area contributed by atoms with E-state index in [4.69, 9.17) is 16.7 Å². The second kappa shape index (κ2) is 5.94. The van der Waals surface area contributed by atoms with Gasteiger partial charge >= 0.3 is 0 Å². The maximum atomic E-state index is 12.1. The SMILES string of the molecule is CC1(CNC(=O)c2ccc(Cl)c(S(N)(=O)=O)c2)CCCC1. The number of sulfonamides is 1. The van der Waals surface area contributed by atoms with E-state index in [1.165, 1.54) is 31.0 Å². The van der Waals surface area contributed by atoms with Crippen molar-refractivity contribution in [1.29, 1.82) is 0 Å². The first-order valence-electron chi connectivity index (χ1n) is 6.82. The largest absolute Gasteiger partial charge is 0.351 e. The highest BCUT2D eigenvalue weighted by Crippen LogP contribution is 2.36. The number of halogens is 1. The fraction of sp³-hybridized carbons (Fsp3) is 0.500. The molecule has 0 aromatic heterocycles. The normalized spacial score (nSPS) is 17.7. The van der Waals surface area contributed by atoms with Gasteiger partial charge in [0.2, 0.25) is 10.0 Å². The second-order valence-electron chi connectivity index (χ2n) is 5.89. The summed E-state index contributed by atoms with van der Waals surface area (Å²) in [6, 6.07) is 4.07. The first kappa shape index (κ1) is 16.3. The molecule has 1 amide bonds. The van der Waals surface area contributed by atoms with Crippen molar-refractivity contribution in [2.24, 2.45) is 10.6 Å². The molecule has 0 saturated heterocycles. The van der Waals surface area contributed by atoms with Crippen LogP contribution in [0.2, 0.25) is 5.02 Å². The summed E-state index contributed by atoms with van der Waals surface area (Å²) in [5, 5.41) is 7.95. The Kier molecular flexibility index (Phi) is 4.60. The van der Waals surface area contributed by atoms with Gasteiger partial charge in [0.25, 0.3) is 5.91 Å². The Morgan fingerprint density at radius 1 is 1.38 bits per heavy atom. The van der Waals surface area contributed by atoms with Crippen molar-refractivity contribution in [3.63, 3.8) is 0 Å². The Morgan fingerprint density at radius 2 is 2.00 bits per heavy atom. The lowest BCUT2D eigenvalue weighted by Gasteiger charge is -2.23. The molecule has 1 aliphatic carbocycles. The average Bonchev–Trinajstić information content (AvgIpc) is 2.83. The van der Waals surface area contributed by atoms with Crippen LogP contribution >= 0.6 is 11.6 Å². The fourth-order valence-electron chi connectivity index (χ4n) is 2.66. The van der Waals surface area contributed by atoms with Gasteiger partial charge in [-0.25, -0.2) is 13.6 Å². The van der Waals surface area contributed by atoms with Crippen molar-refractivity contribution >= 4 is 27.5 Å². The van der Waals surface area contributed by atoms with E-state index in [-0.39, 0.29) is 26.8 Å². The predicted molar refractivity (Wildman–Crippen MR) is 81.7 cm³/mol. The van der Waals surface area contributed by atoms with E-state index in [0.717, 1.165) is 12.8 Å². The number of amides is 1. The number of hydrogen-bond donors (Lipinski definition) is 2. The van der Waals surface area contributed by atoms with Crippen molar-refractivity contribution in [2.75, 3.05) is 6.54 Å². The van der Waals surface area contributed by atoms with Gasteiger partial charge in [-0.3, -0.25) is 4.79 Å². The molecule has 7 heteroatoms. The van der Waals surface area contributed by atoms with Crippen LogP contribution in [0.15, 0.2) is 23.1 Å². The van der Waals surface area contributed by atoms with Gasteiger partial charge in [-0.05, 0) is 36.5 Å². The lowest BCUT2D eigenvalue weighted by Crippen LogP contribution is -2.34. The summed E-state index contributed by atoms with van der Waals surface area (Å²) in [4.78, 5) is 11.9. The van der Waals surface area contributed by atoms with Crippen LogP contribution in [0, 0.1) is 5.41 Å². The molecule has 1 aliphatic rings. The Morgan fingerprint density at radius 3 is 2.57 bits per heavy atom. The number of hydrogen-bond acceptors (Lipinski definition) is 3. The van der Waals surface area contributed by atoms with Crippen LogP contribution in [0.3, 0.4) is 0 Å². The maximum Gasteiger partial charge on any atom is 0.251 e. The quantitative estimate of drug-likeness (QED) is 0.887. The second-order valence-corrected chi connectivity index (χ2v) is 7.83. The van der Waals surface area contributed by atoms with E-state index in [2.05, 4.69) is 12.2 Å². The summed E-state index contributed by atoms with van der Waals surface area (Å²) in [6.45, 7) is 2.73. The summed E-state index contributed by atoms with van der Waals surface area (Å²) < 4.78 is 22.8. The van der Waals surface area contributed by atoms with Gasteiger partial charge in [0.1, 0.15) is 4.90 Å². The molecular weight excluding hydrogens is 312 g/mol. The number of carbonyl (C=O) groups excluding carboxylic acids is 1. The number of nitrogens with one attached hydrogen (secondary N) is 1. The van der Waals surface area contributed by atoms with E-state index >= 15 is 0 Å². The van der Waals surface area contributed by atoms with E-state index in [0.29, 0.717) is 6.54 Å². The highest BCUT2D eigenvalue weighted by atomic mass is 35.5. The summed E-state index contributed by atoms with van der Waals surface area (Å²) in [5.74, 6) is -0.315. The Labute approximate surface area is 129 Å². The highest BCUT2D eigenvalue weighted by Gasteiger charge is 2.29. The van der Waals surface area contributed by atoms with Gasteiger partial charge in [0.15, 0.2) is 0 Å². The van der Waals surface area contributed by atoms with Gasteiger partial charge in [-0.15, -0.1) is 0 Å². The molecule has 0 radical (unpaired) electrons. The molecule has 0 spiro atoms. The predicted octanol–water partition coefficient (Wildman–Crippen LogP) is 2.30. The lowest BCUT2D eigenvalue weighted by molar-refractivity contribution is 0.0934. The van der Waals surface area contributed by atoms with Crippen LogP contribution in [0.5, 0.6) is 0 Å². The van der Waals surface area contributed by atoms with Crippen molar-refractivity contribution in [3.05, 3.63) is 28.8 Å². The number of rotatable bonds is 4. The molecule has 1 aromatic carbocycles. The molecule has 116 valence electrons. The Hall–Kier alpha value is -1.11. The zero-order valence-electron chi connectivity index (χ0n) is 11.9. The van der Waals surface area contributed by atoms with Crippen LogP contribution in [0.1, 0.15) is 43.0 Å². The van der Waals surface area contributed by atoms with Gasteiger partial charge in [-0.2, -0.15) is 0 Å². The third-order valence-corrected chi connectivity index (χ3v) is 5.38. The topological polar surface area (TPSA) is 89.3 Å². The Balaban J connectivity index is 2.13. The standard InChI is InChI=1S/C14H19ClN2O3S/c1-14(6-2-3-7-14)9-17-13(18)10-4-5-11(15)12(8-10)21(16,19)20/h4-5,8H,2-3,6-7,9H2,1H3,(H,17,18)(H2,16,19,20). The van der Waals surface area contributed by atoms with Crippen LogP contribution in [-0.2, 0) is 10.0 Å². The van der Waals surface area contributed by atoms with E-state index in [1.54, 1.807) is 0 Å². The maximum absolute atomic E-state index is 12.1. The molecule has 0 bridgehead atoms. The van der Waals surface area contributed by atoms with Crippen molar-refractivity contribution in [2.45, 2.75) is 37.5 Å². The molecule has 5 nitrogen and oxygen atoms in total. The number of nitrogens with two attached hydrogens (primary N) is 1. The molecule has 0 heterocycles. The first-order chi connectivity index (χ1) is 9.71. The molecule has 1 saturated carbocycles. The third kappa shape index (κ3) is 3.96. The van der Waals surface area contributed by atoms with Crippen LogP contribution in [0.25, 0.3) is 0 Å². The zero-order chi connectivity index (χ0) is 15.7. The van der Waals surface area contributed by atoms with Gasteiger partial charge in [0.05, 0.1) is 5.02 Å². The van der Waals surface area contributed by atoms with Crippen molar-refractivity contribution in [3.8, 4) is 0 Å². The molecular formula is C14H19ClN2O3S. The first-order valence-corrected chi connectivity index (χ1v) is 8.74. The molecule has 21 heavy (non-hydrogen) atoms. The van der Waals surface area contributed by atoms with E-state index < -0.39 is 10.0 Å². The molecule has 1 aromatic rings. The van der Waals surface area contributed by atoms with Crippen molar-refractivity contribution < 1.29 is 13.2 Å². The summed E-state index contributed by atoms with van der Waals surface area (Å²) in [6.07, 6.45) is 4.55. The molecule has 1 fully saturated rings. The minimum atomic E-state index is -3.94. The zero-order valence-corrected chi connectivity index (χ0v) is 13.4. The van der Waals surface area contributed by atoms with Gasteiger partial charge in [0, 0.05) is 12.1 Å². The van der Waals surface area contributed by atoms with E-state index in [1.807, 2.05) is 0 Å². The van der Waals surface area contributed by atoms with Crippen LogP contribution < -0.4 is 10.5 Å².